The van der Waals surface area contributed by atoms with Gasteiger partial charge in [0.2, 0.25) is 10.0 Å². The second-order valence-electron chi connectivity index (χ2n) is 5.16. The first-order valence-corrected chi connectivity index (χ1v) is 8.33. The highest BCUT2D eigenvalue weighted by atomic mass is 32.2. The maximum absolute atomic E-state index is 11.5. The van der Waals surface area contributed by atoms with Crippen LogP contribution in [0.4, 0.5) is 0 Å². The van der Waals surface area contributed by atoms with Gasteiger partial charge in [-0.05, 0) is 38.8 Å². The van der Waals surface area contributed by atoms with Gasteiger partial charge in [-0.2, -0.15) is 0 Å². The molecule has 5 heteroatoms. The highest BCUT2D eigenvalue weighted by molar-refractivity contribution is 7.89. The predicted molar refractivity (Wildman–Crippen MR) is 71.5 cm³/mol. The van der Waals surface area contributed by atoms with Gasteiger partial charge in [0.15, 0.2) is 0 Å². The van der Waals surface area contributed by atoms with Gasteiger partial charge in [0.25, 0.3) is 0 Å². The molecule has 1 saturated heterocycles. The van der Waals surface area contributed by atoms with Gasteiger partial charge in [-0.3, -0.25) is 4.90 Å². The molecule has 1 fully saturated rings. The Balaban J connectivity index is 2.54. The van der Waals surface area contributed by atoms with E-state index >= 15 is 0 Å². The molecular formula is C12H26N2O2S. The summed E-state index contributed by atoms with van der Waals surface area (Å²) >= 11 is 0. The Morgan fingerprint density at radius 1 is 1.18 bits per heavy atom. The summed E-state index contributed by atoms with van der Waals surface area (Å²) in [6, 6.07) is 0.330. The van der Waals surface area contributed by atoms with E-state index in [1.807, 2.05) is 0 Å². The topological polar surface area (TPSA) is 49.4 Å². The van der Waals surface area contributed by atoms with Crippen LogP contribution in [0.2, 0.25) is 0 Å². The Labute approximate surface area is 106 Å². The smallest absolute Gasteiger partial charge is 0.211 e. The van der Waals surface area contributed by atoms with Gasteiger partial charge in [-0.1, -0.05) is 20.3 Å². The highest BCUT2D eigenvalue weighted by Crippen LogP contribution is 2.17. The fraction of sp³-hybridized carbons (Fsp3) is 1.00. The van der Waals surface area contributed by atoms with E-state index in [2.05, 4.69) is 23.5 Å². The minimum absolute atomic E-state index is 0.164. The molecule has 0 radical (unpaired) electrons. The van der Waals surface area contributed by atoms with Crippen LogP contribution in [-0.2, 0) is 10.0 Å². The minimum atomic E-state index is -3.06. The van der Waals surface area contributed by atoms with Crippen LogP contribution in [0.3, 0.4) is 0 Å². The molecule has 1 heterocycles. The summed E-state index contributed by atoms with van der Waals surface area (Å²) < 4.78 is 25.7. The molecule has 0 spiro atoms. The van der Waals surface area contributed by atoms with Crippen molar-refractivity contribution in [3.05, 3.63) is 0 Å². The van der Waals surface area contributed by atoms with Crippen molar-refractivity contribution < 1.29 is 8.42 Å². The third-order valence-electron chi connectivity index (χ3n) is 3.52. The van der Waals surface area contributed by atoms with Crippen molar-refractivity contribution in [3.8, 4) is 0 Å². The summed E-state index contributed by atoms with van der Waals surface area (Å²) in [5, 5.41) is 0. The first-order valence-electron chi connectivity index (χ1n) is 6.67. The van der Waals surface area contributed by atoms with Crippen LogP contribution >= 0.6 is 0 Å². The lowest BCUT2D eigenvalue weighted by molar-refractivity contribution is 0.130. The van der Waals surface area contributed by atoms with Gasteiger partial charge in [0, 0.05) is 12.6 Å². The van der Waals surface area contributed by atoms with Crippen LogP contribution in [0, 0.1) is 5.92 Å². The molecule has 0 aromatic heterocycles. The highest BCUT2D eigenvalue weighted by Gasteiger charge is 2.24. The van der Waals surface area contributed by atoms with E-state index in [0.29, 0.717) is 18.5 Å². The molecule has 1 aliphatic heterocycles. The summed E-state index contributed by atoms with van der Waals surface area (Å²) in [4.78, 5) is 2.44. The Morgan fingerprint density at radius 3 is 2.24 bits per heavy atom. The fourth-order valence-electron chi connectivity index (χ4n) is 2.35. The Hall–Kier alpha value is -0.130. The molecular weight excluding hydrogens is 236 g/mol. The SMILES string of the molecule is CCS(=O)(=O)NCC(C(C)C)N1CCCCC1. The van der Waals surface area contributed by atoms with E-state index in [0.717, 1.165) is 13.1 Å². The van der Waals surface area contributed by atoms with Crippen molar-refractivity contribution in [2.45, 2.75) is 46.1 Å². The molecule has 0 amide bonds. The lowest BCUT2D eigenvalue weighted by Crippen LogP contribution is -2.48. The van der Waals surface area contributed by atoms with Gasteiger partial charge < -0.3 is 0 Å². The number of hydrogen-bond acceptors (Lipinski definition) is 3. The fourth-order valence-corrected chi connectivity index (χ4v) is 2.98. The van der Waals surface area contributed by atoms with Crippen LogP contribution < -0.4 is 4.72 Å². The quantitative estimate of drug-likeness (QED) is 0.788. The number of rotatable bonds is 6. The summed E-state index contributed by atoms with van der Waals surface area (Å²) in [5.74, 6) is 0.644. The van der Waals surface area contributed by atoms with E-state index < -0.39 is 10.0 Å². The predicted octanol–water partition coefficient (Wildman–Crippen LogP) is 1.44. The van der Waals surface area contributed by atoms with Crippen molar-refractivity contribution in [2.24, 2.45) is 5.92 Å². The minimum Gasteiger partial charge on any atom is -0.299 e. The molecule has 1 atom stereocenters. The van der Waals surface area contributed by atoms with Gasteiger partial charge in [0.1, 0.15) is 0 Å². The zero-order valence-corrected chi connectivity index (χ0v) is 12.1. The number of hydrogen-bond donors (Lipinski definition) is 1. The number of likely N-dealkylation sites (tertiary alicyclic amines) is 1. The largest absolute Gasteiger partial charge is 0.299 e. The number of piperidine rings is 1. The second-order valence-corrected chi connectivity index (χ2v) is 7.26. The molecule has 0 aromatic carbocycles. The normalized spacial score (nSPS) is 20.7. The van der Waals surface area contributed by atoms with Crippen LogP contribution in [-0.4, -0.2) is 44.7 Å². The molecule has 0 aromatic rings. The molecule has 102 valence electrons. The lowest BCUT2D eigenvalue weighted by Gasteiger charge is -2.37. The Morgan fingerprint density at radius 2 is 1.76 bits per heavy atom. The Bertz CT molecular complexity index is 308. The van der Waals surface area contributed by atoms with Crippen LogP contribution in [0.25, 0.3) is 0 Å². The van der Waals surface area contributed by atoms with E-state index in [4.69, 9.17) is 0 Å². The molecule has 1 unspecified atom stereocenters. The monoisotopic (exact) mass is 262 g/mol. The maximum Gasteiger partial charge on any atom is 0.211 e. The van der Waals surface area contributed by atoms with E-state index in [9.17, 15) is 8.42 Å². The van der Waals surface area contributed by atoms with Gasteiger partial charge in [-0.15, -0.1) is 0 Å². The summed E-state index contributed by atoms with van der Waals surface area (Å²) in [6.45, 7) is 8.77. The third kappa shape index (κ3) is 4.94. The van der Waals surface area contributed by atoms with Gasteiger partial charge in [-0.25, -0.2) is 13.1 Å². The molecule has 1 rings (SSSR count). The van der Waals surface area contributed by atoms with Crippen LogP contribution in [0.5, 0.6) is 0 Å². The summed E-state index contributed by atoms with van der Waals surface area (Å²) in [6.07, 6.45) is 3.79. The average molecular weight is 262 g/mol. The standard InChI is InChI=1S/C12H26N2O2S/c1-4-17(15,16)13-10-12(11(2)3)14-8-6-5-7-9-14/h11-13H,4-10H2,1-3H3. The molecule has 0 bridgehead atoms. The molecule has 0 saturated carbocycles. The van der Waals surface area contributed by atoms with E-state index in [1.54, 1.807) is 6.92 Å². The van der Waals surface area contributed by atoms with Crippen molar-refractivity contribution in [3.63, 3.8) is 0 Å². The first-order chi connectivity index (χ1) is 7.96. The number of sulfonamides is 1. The molecule has 4 nitrogen and oxygen atoms in total. The van der Waals surface area contributed by atoms with Crippen molar-refractivity contribution >= 4 is 10.0 Å². The molecule has 1 N–H and O–H groups in total. The maximum atomic E-state index is 11.5. The van der Waals surface area contributed by atoms with E-state index in [1.165, 1.54) is 19.3 Å². The zero-order valence-electron chi connectivity index (χ0n) is 11.3. The van der Waals surface area contributed by atoms with Gasteiger partial charge >= 0.3 is 0 Å². The zero-order chi connectivity index (χ0) is 12.9. The number of nitrogens with zero attached hydrogens (tertiary/aromatic N) is 1. The van der Waals surface area contributed by atoms with Gasteiger partial charge in [0.05, 0.1) is 5.75 Å². The lowest BCUT2D eigenvalue weighted by atomic mass is 9.99. The summed E-state index contributed by atoms with van der Waals surface area (Å²) in [7, 11) is -3.06. The molecule has 1 aliphatic rings. The molecule has 17 heavy (non-hydrogen) atoms. The molecule has 0 aliphatic carbocycles. The first kappa shape index (κ1) is 14.9. The van der Waals surface area contributed by atoms with E-state index in [-0.39, 0.29) is 5.75 Å². The van der Waals surface area contributed by atoms with Crippen LogP contribution in [0.1, 0.15) is 40.0 Å². The van der Waals surface area contributed by atoms with Crippen LogP contribution in [0.15, 0.2) is 0 Å². The Kier molecular flexibility index (Phi) is 5.89. The second kappa shape index (κ2) is 6.71. The average Bonchev–Trinajstić information content (AvgIpc) is 2.30. The van der Waals surface area contributed by atoms with Crippen molar-refractivity contribution in [2.75, 3.05) is 25.4 Å². The van der Waals surface area contributed by atoms with Crippen molar-refractivity contribution in [1.29, 1.82) is 0 Å². The van der Waals surface area contributed by atoms with Crippen molar-refractivity contribution in [1.82, 2.24) is 9.62 Å². The summed E-state index contributed by atoms with van der Waals surface area (Å²) in [5.41, 5.74) is 0. The third-order valence-corrected chi connectivity index (χ3v) is 4.89. The number of nitrogens with one attached hydrogen (secondary N) is 1.